The number of hydrogen-bond donors (Lipinski definition) is 3. The van der Waals surface area contributed by atoms with Crippen LogP contribution in [0.5, 0.6) is 0 Å². The fourth-order valence-corrected chi connectivity index (χ4v) is 6.04. The molecule has 2 fully saturated rings. The molecule has 6 rings (SSSR count). The molecule has 2 aromatic carbocycles. The summed E-state index contributed by atoms with van der Waals surface area (Å²) in [4.78, 5) is 35.6. The maximum atomic E-state index is 12.7. The lowest BCUT2D eigenvalue weighted by Crippen LogP contribution is -2.53. The van der Waals surface area contributed by atoms with Crippen molar-refractivity contribution in [3.05, 3.63) is 59.6 Å². The smallest absolute Gasteiger partial charge is 0.317 e. The number of nitrogens with one attached hydrogen (secondary N) is 3. The number of hydrogen-bond acceptors (Lipinski definition) is 9. The van der Waals surface area contributed by atoms with Gasteiger partial charge in [0.2, 0.25) is 17.8 Å². The lowest BCUT2D eigenvalue weighted by molar-refractivity contribution is 0.186. The van der Waals surface area contributed by atoms with Crippen molar-refractivity contribution < 1.29 is 4.79 Å². The molecule has 2 aromatic heterocycles. The molecule has 3 unspecified atom stereocenters. The van der Waals surface area contributed by atoms with Gasteiger partial charge in [-0.3, -0.25) is 0 Å². The number of amides is 2. The van der Waals surface area contributed by atoms with Crippen molar-refractivity contribution in [1.82, 2.24) is 30.2 Å². The van der Waals surface area contributed by atoms with Crippen molar-refractivity contribution in [3.63, 3.8) is 0 Å². The molecule has 0 aliphatic carbocycles. The lowest BCUT2D eigenvalue weighted by atomic mass is 10.0. The van der Waals surface area contributed by atoms with Gasteiger partial charge in [0.15, 0.2) is 0 Å². The fourth-order valence-electron chi connectivity index (χ4n) is 5.32. The fraction of sp³-hybridized carbons (Fsp3) is 0.393. The number of anilines is 4. The van der Waals surface area contributed by atoms with Crippen LogP contribution in [0, 0.1) is 0 Å². The van der Waals surface area contributed by atoms with Gasteiger partial charge in [0.05, 0.1) is 27.8 Å². The maximum Gasteiger partial charge on any atom is 0.317 e. The molecule has 2 bridgehead atoms. The van der Waals surface area contributed by atoms with E-state index in [0.29, 0.717) is 37.5 Å². The van der Waals surface area contributed by atoms with Gasteiger partial charge in [-0.15, -0.1) is 11.3 Å². The van der Waals surface area contributed by atoms with Crippen molar-refractivity contribution in [3.8, 4) is 0 Å². The summed E-state index contributed by atoms with van der Waals surface area (Å²) in [5.74, 6) is 1.92. The molecule has 39 heavy (non-hydrogen) atoms. The summed E-state index contributed by atoms with van der Waals surface area (Å²) in [6.07, 6.45) is 0.913. The number of carbonyl (C=O) groups excluding carboxylic acids is 1. The Hall–Kier alpha value is -3.99. The minimum absolute atomic E-state index is 0.00543. The average molecular weight is 544 g/mol. The van der Waals surface area contributed by atoms with Crippen LogP contribution in [0.1, 0.15) is 38.7 Å². The molecule has 0 radical (unpaired) electrons. The number of benzene rings is 2. The second kappa shape index (κ2) is 10.6. The molecular weight excluding hydrogens is 510 g/mol. The van der Waals surface area contributed by atoms with Crippen LogP contribution in [0.4, 0.5) is 28.3 Å². The van der Waals surface area contributed by atoms with E-state index >= 15 is 0 Å². The Morgan fingerprint density at radius 1 is 1.03 bits per heavy atom. The van der Waals surface area contributed by atoms with Gasteiger partial charge < -0.3 is 25.8 Å². The topological polar surface area (TPSA) is 111 Å². The molecule has 0 saturated carbocycles. The Labute approximate surface area is 231 Å². The molecule has 2 saturated heterocycles. The van der Waals surface area contributed by atoms with Crippen molar-refractivity contribution >= 4 is 51.1 Å². The lowest BCUT2D eigenvalue weighted by Gasteiger charge is -2.34. The second-order valence-corrected chi connectivity index (χ2v) is 11.5. The second-order valence-electron chi connectivity index (χ2n) is 10.6. The van der Waals surface area contributed by atoms with Gasteiger partial charge in [0.1, 0.15) is 0 Å². The summed E-state index contributed by atoms with van der Waals surface area (Å²) in [6.45, 7) is 8.20. The van der Waals surface area contributed by atoms with Crippen LogP contribution in [0.25, 0.3) is 10.2 Å². The number of carbonyl (C=O) groups is 1. The third-order valence-electron chi connectivity index (χ3n) is 7.32. The molecule has 2 aliphatic heterocycles. The molecule has 4 heterocycles. The van der Waals surface area contributed by atoms with Crippen molar-refractivity contribution in [2.24, 2.45) is 0 Å². The van der Waals surface area contributed by atoms with E-state index < -0.39 is 0 Å². The first-order valence-electron chi connectivity index (χ1n) is 13.4. The van der Waals surface area contributed by atoms with E-state index in [2.05, 4.69) is 63.1 Å². The minimum Gasteiger partial charge on any atom is -0.353 e. The molecule has 3 N–H and O–H groups in total. The number of fused-ring (bicyclic) bond motifs is 3. The normalized spacial score (nSPS) is 19.1. The first-order valence-corrected chi connectivity index (χ1v) is 14.3. The number of piperazine rings is 1. The quantitative estimate of drug-likeness (QED) is 0.290. The summed E-state index contributed by atoms with van der Waals surface area (Å²) >= 11 is 1.60. The summed E-state index contributed by atoms with van der Waals surface area (Å²) < 4.78 is 1.10. The zero-order valence-corrected chi connectivity index (χ0v) is 23.2. The Balaban J connectivity index is 1.23. The number of thiazole rings is 1. The first kappa shape index (κ1) is 25.3. The Bertz CT molecular complexity index is 1460. The standard InChI is InChI=1S/C28H33N9OS/c1-17(2)31-28(38)37-15-21-12-22(37)14-36(21)27-34-25(29-13-18(3)19-7-5-4-6-8-19)33-26(35-27)32-20-9-10-23-24(11-20)39-16-30-23/h4-11,16-18,21-22H,12-15H2,1-3H3,(H,31,38)(H2,29,32,33,34,35). The zero-order chi connectivity index (χ0) is 26.9. The van der Waals surface area contributed by atoms with Crippen LogP contribution in [-0.4, -0.2) is 68.6 Å². The van der Waals surface area contributed by atoms with Crippen LogP contribution >= 0.6 is 11.3 Å². The van der Waals surface area contributed by atoms with E-state index in [4.69, 9.17) is 15.0 Å². The summed E-state index contributed by atoms with van der Waals surface area (Å²) in [6, 6.07) is 16.9. The molecule has 10 nitrogen and oxygen atoms in total. The molecule has 0 spiro atoms. The van der Waals surface area contributed by atoms with Crippen molar-refractivity contribution in [2.45, 2.75) is 51.2 Å². The molecule has 2 amide bonds. The highest BCUT2D eigenvalue weighted by Gasteiger charge is 2.46. The largest absolute Gasteiger partial charge is 0.353 e. The van der Waals surface area contributed by atoms with E-state index in [0.717, 1.165) is 22.3 Å². The number of aromatic nitrogens is 4. The van der Waals surface area contributed by atoms with Gasteiger partial charge >= 0.3 is 6.03 Å². The predicted molar refractivity (Wildman–Crippen MR) is 156 cm³/mol. The average Bonchev–Trinajstić information content (AvgIpc) is 3.68. The van der Waals surface area contributed by atoms with Crippen LogP contribution in [0.15, 0.2) is 54.0 Å². The minimum atomic E-state index is 0.00543. The monoisotopic (exact) mass is 543 g/mol. The molecule has 202 valence electrons. The Morgan fingerprint density at radius 2 is 1.85 bits per heavy atom. The van der Waals surface area contributed by atoms with Gasteiger partial charge in [-0.2, -0.15) is 15.0 Å². The molecule has 4 aromatic rings. The third kappa shape index (κ3) is 5.44. The van der Waals surface area contributed by atoms with E-state index in [9.17, 15) is 4.79 Å². The van der Waals surface area contributed by atoms with Gasteiger partial charge in [-0.25, -0.2) is 9.78 Å². The van der Waals surface area contributed by atoms with E-state index in [1.165, 1.54) is 5.56 Å². The molecule has 2 aliphatic rings. The predicted octanol–water partition coefficient (Wildman–Crippen LogP) is 4.82. The van der Waals surface area contributed by atoms with Gasteiger partial charge in [-0.1, -0.05) is 37.3 Å². The molecule has 3 atom stereocenters. The van der Waals surface area contributed by atoms with Gasteiger partial charge in [0, 0.05) is 31.4 Å². The van der Waals surface area contributed by atoms with Crippen molar-refractivity contribution in [2.75, 3.05) is 35.2 Å². The molecular formula is C28H33N9OS. The van der Waals surface area contributed by atoms with Crippen LogP contribution in [0.3, 0.4) is 0 Å². The van der Waals surface area contributed by atoms with Crippen LogP contribution < -0.4 is 20.9 Å². The number of nitrogens with zero attached hydrogens (tertiary/aromatic N) is 6. The summed E-state index contributed by atoms with van der Waals surface area (Å²) in [7, 11) is 0. The summed E-state index contributed by atoms with van der Waals surface area (Å²) in [5.41, 5.74) is 4.97. The zero-order valence-electron chi connectivity index (χ0n) is 22.3. The highest BCUT2D eigenvalue weighted by atomic mass is 32.1. The number of likely N-dealkylation sites (tertiary alicyclic amines) is 1. The van der Waals surface area contributed by atoms with Gasteiger partial charge in [-0.05, 0) is 49.9 Å². The van der Waals surface area contributed by atoms with E-state index in [-0.39, 0.29) is 30.1 Å². The van der Waals surface area contributed by atoms with Gasteiger partial charge in [0.25, 0.3) is 0 Å². The highest BCUT2D eigenvalue weighted by molar-refractivity contribution is 7.16. The molecule has 11 heteroatoms. The number of urea groups is 1. The van der Waals surface area contributed by atoms with E-state index in [1.54, 1.807) is 11.3 Å². The van der Waals surface area contributed by atoms with Crippen LogP contribution in [0.2, 0.25) is 0 Å². The Morgan fingerprint density at radius 3 is 2.62 bits per heavy atom. The Kier molecular flexibility index (Phi) is 6.90. The summed E-state index contributed by atoms with van der Waals surface area (Å²) in [5, 5.41) is 9.84. The van der Waals surface area contributed by atoms with Crippen LogP contribution in [-0.2, 0) is 0 Å². The number of rotatable bonds is 8. The third-order valence-corrected chi connectivity index (χ3v) is 8.11. The first-order chi connectivity index (χ1) is 18.9. The maximum absolute atomic E-state index is 12.7. The SMILES string of the molecule is CC(C)NC(=O)N1CC2CC1CN2c1nc(NCC(C)c2ccccc2)nc(Nc2ccc3ncsc3c2)n1. The van der Waals surface area contributed by atoms with Crippen molar-refractivity contribution in [1.29, 1.82) is 0 Å². The highest BCUT2D eigenvalue weighted by Crippen LogP contribution is 2.34. The van der Waals surface area contributed by atoms with E-state index in [1.807, 2.05) is 42.5 Å².